The van der Waals surface area contributed by atoms with Gasteiger partial charge in [-0.05, 0) is 22.2 Å². The van der Waals surface area contributed by atoms with Crippen LogP contribution in [0.4, 0.5) is 0 Å². The van der Waals surface area contributed by atoms with Gasteiger partial charge >= 0.3 is 0 Å². The lowest BCUT2D eigenvalue weighted by molar-refractivity contribution is -0.105. The van der Waals surface area contributed by atoms with E-state index in [-0.39, 0.29) is 6.17 Å². The minimum atomic E-state index is 0.287. The van der Waals surface area contributed by atoms with Crippen LogP contribution in [0, 0.1) is 0 Å². The van der Waals surface area contributed by atoms with Crippen LogP contribution >= 0.6 is 9.39 Å². The summed E-state index contributed by atoms with van der Waals surface area (Å²) in [5.74, 6) is 0. The average Bonchev–Trinajstić information content (AvgIpc) is 2.43. The van der Waals surface area contributed by atoms with Gasteiger partial charge in [-0.2, -0.15) is 0 Å². The highest BCUT2D eigenvalue weighted by Gasteiger charge is 2.18. The third-order valence-electron chi connectivity index (χ3n) is 1.94. The predicted octanol–water partition coefficient (Wildman–Crippen LogP) is 1.24. The summed E-state index contributed by atoms with van der Waals surface area (Å²) in [6.45, 7) is 2.16. The van der Waals surface area contributed by atoms with E-state index in [4.69, 9.17) is 0 Å². The molecule has 0 saturated carbocycles. The summed E-state index contributed by atoms with van der Waals surface area (Å²) in [6, 6.07) is 0. The molecule has 0 radical (unpaired) electrons. The Bertz CT molecular complexity index is 193. The molecule has 0 aliphatic carbocycles. The first-order chi connectivity index (χ1) is 5.77. The lowest BCUT2D eigenvalue weighted by atomic mass is 10.2. The summed E-state index contributed by atoms with van der Waals surface area (Å²) in [4.78, 5) is 10.4. The monoisotopic (exact) mass is 186 g/mol. The van der Waals surface area contributed by atoms with Gasteiger partial charge in [0.05, 0.1) is 5.70 Å². The van der Waals surface area contributed by atoms with Crippen LogP contribution in [-0.4, -0.2) is 17.1 Å². The Labute approximate surface area is 75.5 Å². The molecular weight excluding hydrogens is 171 g/mol. The highest BCUT2D eigenvalue weighted by Crippen LogP contribution is 2.18. The number of rotatable bonds is 4. The van der Waals surface area contributed by atoms with Crippen molar-refractivity contribution in [3.05, 3.63) is 11.9 Å². The molecule has 2 unspecified atom stereocenters. The largest absolute Gasteiger partial charge is 0.361 e. The Morgan fingerprint density at radius 2 is 2.58 bits per heavy atom. The molecule has 4 heteroatoms. The Kier molecular flexibility index (Phi) is 3.54. The van der Waals surface area contributed by atoms with Crippen molar-refractivity contribution < 1.29 is 4.79 Å². The normalized spacial score (nSPS) is 22.0. The molecule has 2 atom stereocenters. The third-order valence-corrected chi connectivity index (χ3v) is 2.45. The molecule has 1 rings (SSSR count). The van der Waals surface area contributed by atoms with Crippen LogP contribution in [0.1, 0.15) is 26.2 Å². The fourth-order valence-electron chi connectivity index (χ4n) is 1.24. The second kappa shape index (κ2) is 4.46. The number of carbonyl (C=O) groups is 1. The van der Waals surface area contributed by atoms with Crippen LogP contribution in [0.3, 0.4) is 0 Å². The summed E-state index contributed by atoms with van der Waals surface area (Å²) >= 11 is 0. The fourth-order valence-corrected chi connectivity index (χ4v) is 1.62. The van der Waals surface area contributed by atoms with Crippen molar-refractivity contribution in [2.45, 2.75) is 32.4 Å². The molecule has 68 valence electrons. The topological polar surface area (TPSA) is 32.3 Å². The zero-order valence-corrected chi connectivity index (χ0v) is 8.44. The van der Waals surface area contributed by atoms with Crippen molar-refractivity contribution in [2.24, 2.45) is 0 Å². The number of nitrogens with zero attached hydrogens (tertiary/aromatic N) is 1. The maximum absolute atomic E-state index is 10.4. The Morgan fingerprint density at radius 1 is 1.83 bits per heavy atom. The molecule has 1 aliphatic heterocycles. The van der Waals surface area contributed by atoms with Gasteiger partial charge in [-0.1, -0.05) is 13.3 Å². The molecule has 0 aromatic carbocycles. The highest BCUT2D eigenvalue weighted by atomic mass is 31.0. The van der Waals surface area contributed by atoms with Crippen LogP contribution < -0.4 is 5.32 Å². The van der Waals surface area contributed by atoms with E-state index in [2.05, 4.69) is 21.6 Å². The number of unbranched alkanes of at least 4 members (excludes halogenated alkanes) is 1. The minimum absolute atomic E-state index is 0.287. The summed E-state index contributed by atoms with van der Waals surface area (Å²) in [5.41, 5.74) is 0.672. The van der Waals surface area contributed by atoms with Crippen molar-refractivity contribution in [2.75, 3.05) is 0 Å². The number of aldehydes is 1. The smallest absolute Gasteiger partial charge is 0.167 e. The summed E-state index contributed by atoms with van der Waals surface area (Å²) in [5, 5.41) is 3.12. The second-order valence-corrected chi connectivity index (χ2v) is 3.55. The Hall–Kier alpha value is -0.560. The second-order valence-electron chi connectivity index (χ2n) is 2.95. The fraction of sp³-hybridized carbons (Fsp3) is 0.625. The van der Waals surface area contributed by atoms with Gasteiger partial charge in [0.25, 0.3) is 0 Å². The molecule has 0 amide bonds. The van der Waals surface area contributed by atoms with Gasteiger partial charge in [-0.15, -0.1) is 0 Å². The Morgan fingerprint density at radius 3 is 3.08 bits per heavy atom. The van der Waals surface area contributed by atoms with Crippen molar-refractivity contribution in [1.29, 1.82) is 0 Å². The first-order valence-electron chi connectivity index (χ1n) is 4.24. The van der Waals surface area contributed by atoms with Gasteiger partial charge in [0.15, 0.2) is 6.29 Å². The first-order valence-corrected chi connectivity index (χ1v) is 4.76. The molecule has 0 aromatic heterocycles. The zero-order chi connectivity index (χ0) is 8.97. The SMILES string of the molecule is CCCCC1NC(C=O)=CN1P. The molecule has 1 N–H and O–H groups in total. The third kappa shape index (κ3) is 2.21. The van der Waals surface area contributed by atoms with Crippen molar-refractivity contribution in [3.8, 4) is 0 Å². The van der Waals surface area contributed by atoms with Gasteiger partial charge in [0.2, 0.25) is 0 Å². The molecule has 0 fully saturated rings. The summed E-state index contributed by atoms with van der Waals surface area (Å²) < 4.78 is 1.97. The van der Waals surface area contributed by atoms with E-state index in [1.807, 2.05) is 10.9 Å². The molecule has 0 saturated heterocycles. The van der Waals surface area contributed by atoms with Gasteiger partial charge < -0.3 is 9.99 Å². The van der Waals surface area contributed by atoms with E-state index in [1.165, 1.54) is 12.8 Å². The summed E-state index contributed by atoms with van der Waals surface area (Å²) in [7, 11) is 2.60. The van der Waals surface area contributed by atoms with Crippen molar-refractivity contribution >= 4 is 15.7 Å². The number of nitrogens with one attached hydrogen (secondary N) is 1. The predicted molar refractivity (Wildman–Crippen MR) is 52.1 cm³/mol. The lowest BCUT2D eigenvalue weighted by Gasteiger charge is -2.20. The standard InChI is InChI=1S/C8H15N2OP/c1-2-3-4-8-9-7(6-11)5-10(8)12/h5-6,8-9H,2-4,12H2,1H3. The Balaban J connectivity index is 2.37. The van der Waals surface area contributed by atoms with E-state index in [0.717, 1.165) is 12.7 Å². The van der Waals surface area contributed by atoms with E-state index >= 15 is 0 Å². The van der Waals surface area contributed by atoms with Crippen LogP contribution in [-0.2, 0) is 4.79 Å². The average molecular weight is 186 g/mol. The minimum Gasteiger partial charge on any atom is -0.361 e. The van der Waals surface area contributed by atoms with Crippen LogP contribution in [0.25, 0.3) is 0 Å². The van der Waals surface area contributed by atoms with Gasteiger partial charge in [-0.25, -0.2) is 0 Å². The van der Waals surface area contributed by atoms with Gasteiger partial charge in [-0.3, -0.25) is 4.79 Å². The number of hydrogen-bond donors (Lipinski definition) is 1. The van der Waals surface area contributed by atoms with E-state index in [1.54, 1.807) is 0 Å². The first kappa shape index (κ1) is 9.53. The molecular formula is C8H15N2OP. The molecule has 0 spiro atoms. The van der Waals surface area contributed by atoms with Gasteiger partial charge in [0, 0.05) is 6.20 Å². The van der Waals surface area contributed by atoms with Crippen LogP contribution in [0.2, 0.25) is 0 Å². The van der Waals surface area contributed by atoms with E-state index in [0.29, 0.717) is 5.70 Å². The summed E-state index contributed by atoms with van der Waals surface area (Å²) in [6.07, 6.45) is 6.40. The number of carbonyl (C=O) groups excluding carboxylic acids is 1. The maximum Gasteiger partial charge on any atom is 0.167 e. The molecule has 0 bridgehead atoms. The van der Waals surface area contributed by atoms with E-state index < -0.39 is 0 Å². The quantitative estimate of drug-likeness (QED) is 0.529. The highest BCUT2D eigenvalue weighted by molar-refractivity contribution is 7.13. The van der Waals surface area contributed by atoms with Crippen molar-refractivity contribution in [3.63, 3.8) is 0 Å². The lowest BCUT2D eigenvalue weighted by Crippen LogP contribution is -2.30. The van der Waals surface area contributed by atoms with E-state index in [9.17, 15) is 4.79 Å². The van der Waals surface area contributed by atoms with Gasteiger partial charge in [0.1, 0.15) is 6.17 Å². The van der Waals surface area contributed by atoms with Crippen LogP contribution in [0.15, 0.2) is 11.9 Å². The molecule has 0 aromatic rings. The van der Waals surface area contributed by atoms with Crippen molar-refractivity contribution in [1.82, 2.24) is 9.99 Å². The molecule has 1 heterocycles. The zero-order valence-electron chi connectivity index (χ0n) is 7.29. The van der Waals surface area contributed by atoms with Crippen LogP contribution in [0.5, 0.6) is 0 Å². The number of allylic oxidation sites excluding steroid dienone is 1. The number of hydrogen-bond acceptors (Lipinski definition) is 3. The molecule has 1 aliphatic rings. The maximum atomic E-state index is 10.4. The molecule has 3 nitrogen and oxygen atoms in total. The molecule has 12 heavy (non-hydrogen) atoms.